The molecule has 0 bridgehead atoms. The van der Waals surface area contributed by atoms with E-state index in [4.69, 9.17) is 4.74 Å². The van der Waals surface area contributed by atoms with Gasteiger partial charge in [0.15, 0.2) is 0 Å². The lowest BCUT2D eigenvalue weighted by molar-refractivity contribution is 0.198. The van der Waals surface area contributed by atoms with Crippen LogP contribution in [0.5, 0.6) is 0 Å². The number of hydrogen-bond donors (Lipinski definition) is 0. The summed E-state index contributed by atoms with van der Waals surface area (Å²) in [6.07, 6.45) is 4.65. The average molecular weight is 98.1 g/mol. The lowest BCUT2D eigenvalue weighted by atomic mass is 9.83. The van der Waals surface area contributed by atoms with Crippen molar-refractivity contribution in [2.24, 2.45) is 0 Å². The molecule has 2 rings (SSSR count). The second-order valence-electron chi connectivity index (χ2n) is 2.68. The van der Waals surface area contributed by atoms with Gasteiger partial charge in [-0.05, 0) is 26.2 Å². The smallest absolute Gasteiger partial charge is 0.0945 e. The molecule has 0 amide bonds. The summed E-state index contributed by atoms with van der Waals surface area (Å²) in [6.45, 7) is 2.17. The van der Waals surface area contributed by atoms with Crippen LogP contribution < -0.4 is 0 Å². The van der Waals surface area contributed by atoms with Gasteiger partial charge in [-0.2, -0.15) is 0 Å². The van der Waals surface area contributed by atoms with Crippen LogP contribution in [0.15, 0.2) is 0 Å². The van der Waals surface area contributed by atoms with Crippen LogP contribution in [0.2, 0.25) is 0 Å². The first-order valence-corrected chi connectivity index (χ1v) is 3.01. The summed E-state index contributed by atoms with van der Waals surface area (Å²) < 4.78 is 5.34. The van der Waals surface area contributed by atoms with Gasteiger partial charge in [-0.3, -0.25) is 0 Å². The molecule has 1 aliphatic heterocycles. The van der Waals surface area contributed by atoms with E-state index in [-0.39, 0.29) is 0 Å². The summed E-state index contributed by atoms with van der Waals surface area (Å²) in [5, 5.41) is 0. The first-order valence-electron chi connectivity index (χ1n) is 3.01. The number of ether oxygens (including phenoxy) is 1. The van der Waals surface area contributed by atoms with Crippen molar-refractivity contribution in [1.29, 1.82) is 0 Å². The van der Waals surface area contributed by atoms with Crippen LogP contribution in [0.4, 0.5) is 0 Å². The van der Waals surface area contributed by atoms with E-state index in [1.165, 1.54) is 19.3 Å². The van der Waals surface area contributed by atoms with Crippen molar-refractivity contribution < 1.29 is 4.74 Å². The molecule has 40 valence electrons. The van der Waals surface area contributed by atoms with Crippen molar-refractivity contribution in [1.82, 2.24) is 0 Å². The van der Waals surface area contributed by atoms with E-state index < -0.39 is 0 Å². The molecule has 7 heavy (non-hydrogen) atoms. The van der Waals surface area contributed by atoms with Crippen molar-refractivity contribution in [2.45, 2.75) is 37.9 Å². The van der Waals surface area contributed by atoms with E-state index in [2.05, 4.69) is 6.92 Å². The van der Waals surface area contributed by atoms with Crippen molar-refractivity contribution in [3.05, 3.63) is 0 Å². The van der Waals surface area contributed by atoms with E-state index in [0.717, 1.165) is 0 Å². The maximum absolute atomic E-state index is 5.34. The Bertz CT molecular complexity index is 88.8. The van der Waals surface area contributed by atoms with Gasteiger partial charge in [-0.15, -0.1) is 0 Å². The highest BCUT2D eigenvalue weighted by Crippen LogP contribution is 2.51. The fourth-order valence-electron chi connectivity index (χ4n) is 1.37. The van der Waals surface area contributed by atoms with Gasteiger partial charge < -0.3 is 4.74 Å². The molecule has 0 radical (unpaired) electrons. The first kappa shape index (κ1) is 3.90. The Balaban J connectivity index is 2.05. The summed E-state index contributed by atoms with van der Waals surface area (Å²) in [5.41, 5.74) is 0.431. The van der Waals surface area contributed by atoms with E-state index in [1.54, 1.807) is 0 Å². The molecule has 0 aromatic heterocycles. The highest BCUT2D eigenvalue weighted by Gasteiger charge is 2.57. The monoisotopic (exact) mass is 98.1 g/mol. The van der Waals surface area contributed by atoms with Crippen LogP contribution in [-0.4, -0.2) is 11.7 Å². The van der Waals surface area contributed by atoms with Crippen molar-refractivity contribution >= 4 is 0 Å². The topological polar surface area (TPSA) is 12.5 Å². The molecule has 1 spiro atoms. The van der Waals surface area contributed by atoms with Gasteiger partial charge >= 0.3 is 0 Å². The molecule has 1 unspecified atom stereocenters. The summed E-state index contributed by atoms with van der Waals surface area (Å²) in [5.74, 6) is 0. The Morgan fingerprint density at radius 1 is 1.57 bits per heavy atom. The van der Waals surface area contributed by atoms with Crippen molar-refractivity contribution in [2.75, 3.05) is 0 Å². The van der Waals surface area contributed by atoms with Gasteiger partial charge in [-0.25, -0.2) is 0 Å². The molecule has 1 heteroatoms. The normalized spacial score (nSPS) is 43.3. The standard InChI is InChI=1S/C6H10O/c1-5-6(7-5)3-2-4-6/h5H,2-4H2,1H3. The van der Waals surface area contributed by atoms with Gasteiger partial charge in [0.2, 0.25) is 0 Å². The molecular weight excluding hydrogens is 88.1 g/mol. The molecule has 0 aromatic carbocycles. The molecule has 1 heterocycles. The molecule has 1 nitrogen and oxygen atoms in total. The molecule has 1 saturated carbocycles. The summed E-state index contributed by atoms with van der Waals surface area (Å²) in [4.78, 5) is 0. The third kappa shape index (κ3) is 0.325. The van der Waals surface area contributed by atoms with E-state index in [1.807, 2.05) is 0 Å². The zero-order valence-electron chi connectivity index (χ0n) is 4.61. The maximum Gasteiger partial charge on any atom is 0.0945 e. The van der Waals surface area contributed by atoms with Crippen LogP contribution in [0.3, 0.4) is 0 Å². The Hall–Kier alpha value is -0.0400. The van der Waals surface area contributed by atoms with Crippen LogP contribution in [-0.2, 0) is 4.74 Å². The van der Waals surface area contributed by atoms with Crippen molar-refractivity contribution in [3.63, 3.8) is 0 Å². The first-order chi connectivity index (χ1) is 3.33. The minimum absolute atomic E-state index is 0.431. The summed E-state index contributed by atoms with van der Waals surface area (Å²) in [6, 6.07) is 0. The molecule has 1 aliphatic carbocycles. The highest BCUT2D eigenvalue weighted by atomic mass is 16.6. The van der Waals surface area contributed by atoms with Gasteiger partial charge in [0, 0.05) is 0 Å². The van der Waals surface area contributed by atoms with Gasteiger partial charge in [0.25, 0.3) is 0 Å². The minimum Gasteiger partial charge on any atom is -0.366 e. The second kappa shape index (κ2) is 0.873. The molecule has 0 aromatic rings. The Morgan fingerprint density at radius 2 is 2.14 bits per heavy atom. The van der Waals surface area contributed by atoms with Crippen LogP contribution in [0.25, 0.3) is 0 Å². The summed E-state index contributed by atoms with van der Waals surface area (Å²) >= 11 is 0. The number of rotatable bonds is 0. The Kier molecular flexibility index (Phi) is 0.487. The molecule has 2 fully saturated rings. The molecule has 1 atom stereocenters. The highest BCUT2D eigenvalue weighted by molar-refractivity contribution is 5.05. The lowest BCUT2D eigenvalue weighted by Crippen LogP contribution is -2.23. The van der Waals surface area contributed by atoms with Gasteiger partial charge in [-0.1, -0.05) is 0 Å². The van der Waals surface area contributed by atoms with E-state index in [0.29, 0.717) is 11.7 Å². The second-order valence-corrected chi connectivity index (χ2v) is 2.68. The van der Waals surface area contributed by atoms with Crippen LogP contribution in [0.1, 0.15) is 26.2 Å². The zero-order valence-corrected chi connectivity index (χ0v) is 4.61. The Labute approximate surface area is 43.7 Å². The molecule has 1 saturated heterocycles. The van der Waals surface area contributed by atoms with Gasteiger partial charge in [0.1, 0.15) is 0 Å². The average Bonchev–Trinajstić information content (AvgIpc) is 2.10. The number of hydrogen-bond acceptors (Lipinski definition) is 1. The lowest BCUT2D eigenvalue weighted by Gasteiger charge is -2.20. The van der Waals surface area contributed by atoms with E-state index >= 15 is 0 Å². The Morgan fingerprint density at radius 3 is 2.14 bits per heavy atom. The maximum atomic E-state index is 5.34. The fraction of sp³-hybridized carbons (Fsp3) is 1.00. The van der Waals surface area contributed by atoms with Crippen LogP contribution in [0, 0.1) is 0 Å². The predicted octanol–water partition coefficient (Wildman–Crippen LogP) is 1.33. The van der Waals surface area contributed by atoms with Crippen LogP contribution >= 0.6 is 0 Å². The van der Waals surface area contributed by atoms with Gasteiger partial charge in [0.05, 0.1) is 11.7 Å². The minimum atomic E-state index is 0.431. The molecule has 2 aliphatic rings. The fourth-order valence-corrected chi connectivity index (χ4v) is 1.37. The number of epoxide rings is 1. The third-order valence-electron chi connectivity index (χ3n) is 2.30. The largest absolute Gasteiger partial charge is 0.366 e. The molecular formula is C6H10O. The summed E-state index contributed by atoms with van der Waals surface area (Å²) in [7, 11) is 0. The third-order valence-corrected chi connectivity index (χ3v) is 2.30. The predicted molar refractivity (Wildman–Crippen MR) is 27.1 cm³/mol. The molecule has 0 N–H and O–H groups in total. The van der Waals surface area contributed by atoms with E-state index in [9.17, 15) is 0 Å². The van der Waals surface area contributed by atoms with Crippen molar-refractivity contribution in [3.8, 4) is 0 Å². The SMILES string of the molecule is CC1OC12CCC2. The quantitative estimate of drug-likeness (QED) is 0.416. The zero-order chi connectivity index (χ0) is 4.91.